The lowest BCUT2D eigenvalue weighted by atomic mass is 9.97. The highest BCUT2D eigenvalue weighted by atomic mass is 16.5. The highest BCUT2D eigenvalue weighted by molar-refractivity contribution is 5.96. The maximum Gasteiger partial charge on any atom is 0.251 e. The number of hydrogen-bond donors (Lipinski definition) is 3. The number of aromatic nitrogens is 3. The number of carbonyl (C=O) groups is 1. The van der Waals surface area contributed by atoms with E-state index in [-0.39, 0.29) is 18.4 Å². The lowest BCUT2D eigenvalue weighted by Gasteiger charge is -2.16. The molecule has 0 fully saturated rings. The third-order valence-corrected chi connectivity index (χ3v) is 5.75. The molecule has 1 amide bonds. The van der Waals surface area contributed by atoms with Crippen LogP contribution >= 0.6 is 0 Å². The molecule has 0 aliphatic heterocycles. The second kappa shape index (κ2) is 12.0. The van der Waals surface area contributed by atoms with Gasteiger partial charge in [0.25, 0.3) is 5.91 Å². The number of aryl methyl sites for hydroxylation is 1. The van der Waals surface area contributed by atoms with Gasteiger partial charge in [0.1, 0.15) is 12.4 Å². The van der Waals surface area contributed by atoms with Crippen LogP contribution in [0.4, 0.5) is 11.5 Å². The summed E-state index contributed by atoms with van der Waals surface area (Å²) in [5, 5.41) is 6.20. The normalized spacial score (nSPS) is 14.8. The third kappa shape index (κ3) is 5.92. The molecule has 0 radical (unpaired) electrons. The Morgan fingerprint density at radius 2 is 2.22 bits per heavy atom. The Balaban J connectivity index is 1.44. The van der Waals surface area contributed by atoms with Crippen LogP contribution in [-0.4, -0.2) is 53.2 Å². The second-order valence-electron chi connectivity index (χ2n) is 8.26. The van der Waals surface area contributed by atoms with Gasteiger partial charge in [-0.15, -0.1) is 6.42 Å². The van der Waals surface area contributed by atoms with Crippen molar-refractivity contribution in [2.24, 2.45) is 5.73 Å². The Bertz CT molecular complexity index is 1320. The van der Waals surface area contributed by atoms with Gasteiger partial charge in [-0.25, -0.2) is 9.97 Å². The Morgan fingerprint density at radius 1 is 1.33 bits per heavy atom. The van der Waals surface area contributed by atoms with Gasteiger partial charge in [-0.05, 0) is 49.3 Å². The summed E-state index contributed by atoms with van der Waals surface area (Å²) in [6.07, 6.45) is 17.6. The number of anilines is 2. The molecular weight excluding hydrogens is 456 g/mol. The van der Waals surface area contributed by atoms with E-state index < -0.39 is 0 Å². The number of terminal acetylenes is 1. The highest BCUT2D eigenvalue weighted by Gasteiger charge is 2.18. The Kier molecular flexibility index (Phi) is 8.34. The van der Waals surface area contributed by atoms with E-state index in [0.717, 1.165) is 34.8 Å². The predicted octanol–water partition coefficient (Wildman–Crippen LogP) is 3.06. The minimum Gasteiger partial charge on any atom is -0.481 e. The summed E-state index contributed by atoms with van der Waals surface area (Å²) in [5.41, 5.74) is 9.43. The van der Waals surface area contributed by atoms with E-state index >= 15 is 0 Å². The van der Waals surface area contributed by atoms with Crippen LogP contribution in [0.5, 0.6) is 0 Å². The molecule has 1 aliphatic carbocycles. The number of nitrogens with one attached hydrogen (secondary N) is 2. The molecule has 2 heterocycles. The highest BCUT2D eigenvalue weighted by Crippen LogP contribution is 2.29. The van der Waals surface area contributed by atoms with Crippen LogP contribution in [0.3, 0.4) is 0 Å². The summed E-state index contributed by atoms with van der Waals surface area (Å²) in [5.74, 6) is 3.91. The number of hydrogen-bond acceptors (Lipinski definition) is 7. The standard InChI is InChI=1S/C27H30N6O3/c1-3-14-36-22-7-4-20(5-8-22)24-18-31-26-25(29-11-13-33(24)26)32-21-6-9-23(19(2)17-21)27(34)30-12-16-35-15-10-28/h1,4,6-9,11,13,17-18,20H,5,10,12,14-16,28H2,2H3,(H,29,32)(H,30,34). The molecule has 4 rings (SSSR count). The first-order valence-corrected chi connectivity index (χ1v) is 11.8. The number of allylic oxidation sites excluding steroid dienone is 3. The minimum absolute atomic E-state index is 0.143. The van der Waals surface area contributed by atoms with Gasteiger partial charge in [0, 0.05) is 54.5 Å². The fourth-order valence-corrected chi connectivity index (χ4v) is 4.00. The second-order valence-corrected chi connectivity index (χ2v) is 8.26. The minimum atomic E-state index is -0.143. The Morgan fingerprint density at radius 3 is 2.97 bits per heavy atom. The quantitative estimate of drug-likeness (QED) is 0.282. The number of benzene rings is 1. The van der Waals surface area contributed by atoms with Crippen LogP contribution in [0.2, 0.25) is 0 Å². The molecule has 9 nitrogen and oxygen atoms in total. The first kappa shape index (κ1) is 25.0. The van der Waals surface area contributed by atoms with E-state index in [1.165, 1.54) is 0 Å². The molecule has 1 aromatic carbocycles. The molecule has 186 valence electrons. The average molecular weight is 487 g/mol. The molecule has 9 heteroatoms. The molecule has 3 aromatic rings. The molecule has 36 heavy (non-hydrogen) atoms. The number of nitrogens with two attached hydrogens (primary N) is 1. The van der Waals surface area contributed by atoms with Crippen molar-refractivity contribution in [3.8, 4) is 12.3 Å². The van der Waals surface area contributed by atoms with Crippen molar-refractivity contribution in [2.45, 2.75) is 19.3 Å². The zero-order chi connectivity index (χ0) is 25.3. The Labute approximate surface area is 210 Å². The molecule has 1 unspecified atom stereocenters. The van der Waals surface area contributed by atoms with Crippen molar-refractivity contribution in [3.05, 3.63) is 77.6 Å². The van der Waals surface area contributed by atoms with Crippen LogP contribution in [0.15, 0.2) is 60.8 Å². The van der Waals surface area contributed by atoms with Crippen LogP contribution in [-0.2, 0) is 9.47 Å². The number of fused-ring (bicyclic) bond motifs is 1. The van der Waals surface area contributed by atoms with Gasteiger partial charge in [-0.2, -0.15) is 0 Å². The molecule has 0 saturated heterocycles. The summed E-state index contributed by atoms with van der Waals surface area (Å²) in [6.45, 7) is 3.95. The van der Waals surface area contributed by atoms with E-state index in [0.29, 0.717) is 37.7 Å². The van der Waals surface area contributed by atoms with E-state index in [1.54, 1.807) is 12.3 Å². The van der Waals surface area contributed by atoms with E-state index in [2.05, 4.69) is 32.6 Å². The number of amides is 1. The van der Waals surface area contributed by atoms with Crippen molar-refractivity contribution < 1.29 is 14.3 Å². The summed E-state index contributed by atoms with van der Waals surface area (Å²) in [4.78, 5) is 21.6. The lowest BCUT2D eigenvalue weighted by Crippen LogP contribution is -2.28. The monoisotopic (exact) mass is 486 g/mol. The van der Waals surface area contributed by atoms with Gasteiger partial charge in [-0.1, -0.05) is 12.0 Å². The first-order chi connectivity index (χ1) is 17.6. The van der Waals surface area contributed by atoms with Gasteiger partial charge in [-0.3, -0.25) is 9.20 Å². The van der Waals surface area contributed by atoms with Crippen molar-refractivity contribution in [1.82, 2.24) is 19.7 Å². The van der Waals surface area contributed by atoms with E-state index in [1.807, 2.05) is 48.0 Å². The SMILES string of the molecule is C#CCOC1=CCC(c2cnc3c(Nc4ccc(C(=O)NCCOCCN)c(C)c4)nccn23)C=C1. The molecular formula is C27H30N6O3. The van der Waals surface area contributed by atoms with Gasteiger partial charge < -0.3 is 25.8 Å². The maximum atomic E-state index is 12.5. The van der Waals surface area contributed by atoms with Crippen molar-refractivity contribution in [3.63, 3.8) is 0 Å². The van der Waals surface area contributed by atoms with Gasteiger partial charge in [0.2, 0.25) is 0 Å². The topological polar surface area (TPSA) is 116 Å². The summed E-state index contributed by atoms with van der Waals surface area (Å²) < 4.78 is 12.8. The summed E-state index contributed by atoms with van der Waals surface area (Å²) in [7, 11) is 0. The molecule has 1 atom stereocenters. The van der Waals surface area contributed by atoms with Gasteiger partial charge in [0.05, 0.1) is 13.2 Å². The third-order valence-electron chi connectivity index (χ3n) is 5.75. The largest absolute Gasteiger partial charge is 0.481 e. The van der Waals surface area contributed by atoms with E-state index in [4.69, 9.17) is 21.6 Å². The molecule has 0 saturated carbocycles. The van der Waals surface area contributed by atoms with E-state index in [9.17, 15) is 4.79 Å². The summed E-state index contributed by atoms with van der Waals surface area (Å²) in [6, 6.07) is 5.57. The van der Waals surface area contributed by atoms with Crippen LogP contribution < -0.4 is 16.4 Å². The number of rotatable bonds is 11. The fourth-order valence-electron chi connectivity index (χ4n) is 4.00. The van der Waals surface area contributed by atoms with Gasteiger partial charge in [0.15, 0.2) is 11.5 Å². The van der Waals surface area contributed by atoms with Gasteiger partial charge >= 0.3 is 0 Å². The number of ether oxygens (including phenoxy) is 2. The predicted molar refractivity (Wildman–Crippen MR) is 139 cm³/mol. The van der Waals surface area contributed by atoms with Crippen molar-refractivity contribution in [2.75, 3.05) is 38.2 Å². The number of nitrogens with zero attached hydrogens (tertiary/aromatic N) is 3. The average Bonchev–Trinajstić information content (AvgIpc) is 3.33. The lowest BCUT2D eigenvalue weighted by molar-refractivity contribution is 0.0919. The number of imidazole rings is 1. The molecule has 0 spiro atoms. The zero-order valence-corrected chi connectivity index (χ0v) is 20.2. The summed E-state index contributed by atoms with van der Waals surface area (Å²) >= 11 is 0. The molecule has 2 aromatic heterocycles. The number of carbonyl (C=O) groups excluding carboxylic acids is 1. The van der Waals surface area contributed by atoms with Crippen molar-refractivity contribution in [1.29, 1.82) is 0 Å². The first-order valence-electron chi connectivity index (χ1n) is 11.8. The van der Waals surface area contributed by atoms with Crippen molar-refractivity contribution >= 4 is 23.1 Å². The molecule has 0 bridgehead atoms. The molecule has 4 N–H and O–H groups in total. The smallest absolute Gasteiger partial charge is 0.251 e. The maximum absolute atomic E-state index is 12.5. The zero-order valence-electron chi connectivity index (χ0n) is 20.2. The van der Waals surface area contributed by atoms with Crippen LogP contribution in [0, 0.1) is 19.3 Å². The van der Waals surface area contributed by atoms with Crippen LogP contribution in [0.1, 0.15) is 34.0 Å². The molecule has 1 aliphatic rings. The Hall–Kier alpha value is -4.13. The fraction of sp³-hybridized carbons (Fsp3) is 0.296. The van der Waals surface area contributed by atoms with Crippen LogP contribution in [0.25, 0.3) is 5.65 Å².